The Morgan fingerprint density at radius 1 is 1.53 bits per heavy atom. The van der Waals surface area contributed by atoms with Crippen molar-refractivity contribution in [2.75, 3.05) is 13.7 Å². The van der Waals surface area contributed by atoms with Crippen LogP contribution in [0.1, 0.15) is 18.4 Å². The Labute approximate surface area is 117 Å². The summed E-state index contributed by atoms with van der Waals surface area (Å²) in [4.78, 5) is 11.8. The number of methoxy groups -OCH3 is 1. The molecule has 0 radical (unpaired) electrons. The van der Waals surface area contributed by atoms with Gasteiger partial charge in [-0.2, -0.15) is 0 Å². The average Bonchev–Trinajstić information content (AvgIpc) is 3.10. The SMILES string of the molecule is COCC(N)C(=O)NC1(c2ccccc2F)CC1.Cl. The summed E-state index contributed by atoms with van der Waals surface area (Å²) in [5, 5.41) is 2.83. The maximum Gasteiger partial charge on any atom is 0.240 e. The Balaban J connectivity index is 0.00000180. The molecule has 1 atom stereocenters. The summed E-state index contributed by atoms with van der Waals surface area (Å²) in [7, 11) is 1.48. The van der Waals surface area contributed by atoms with E-state index in [0.717, 1.165) is 12.8 Å². The van der Waals surface area contributed by atoms with Gasteiger partial charge in [0.1, 0.15) is 11.9 Å². The second-order valence-electron chi connectivity index (χ2n) is 4.61. The van der Waals surface area contributed by atoms with Crippen molar-refractivity contribution in [2.45, 2.75) is 24.4 Å². The molecule has 4 nitrogen and oxygen atoms in total. The Hall–Kier alpha value is -1.17. The maximum absolute atomic E-state index is 13.7. The van der Waals surface area contributed by atoms with Gasteiger partial charge in [0.15, 0.2) is 0 Å². The zero-order valence-electron chi connectivity index (χ0n) is 10.7. The fourth-order valence-electron chi connectivity index (χ4n) is 2.02. The van der Waals surface area contributed by atoms with Crippen LogP contribution in [0.2, 0.25) is 0 Å². The first-order chi connectivity index (χ1) is 8.59. The van der Waals surface area contributed by atoms with Gasteiger partial charge < -0.3 is 15.8 Å². The monoisotopic (exact) mass is 288 g/mol. The van der Waals surface area contributed by atoms with E-state index < -0.39 is 11.6 Å². The molecule has 1 fully saturated rings. The van der Waals surface area contributed by atoms with E-state index in [4.69, 9.17) is 10.5 Å². The molecule has 0 heterocycles. The fourth-order valence-corrected chi connectivity index (χ4v) is 2.02. The molecular weight excluding hydrogens is 271 g/mol. The number of rotatable bonds is 5. The van der Waals surface area contributed by atoms with Crippen LogP contribution >= 0.6 is 12.4 Å². The van der Waals surface area contributed by atoms with Crippen molar-refractivity contribution in [3.63, 3.8) is 0 Å². The van der Waals surface area contributed by atoms with Gasteiger partial charge in [-0.15, -0.1) is 12.4 Å². The van der Waals surface area contributed by atoms with Gasteiger partial charge in [0.05, 0.1) is 12.1 Å². The molecule has 0 aliphatic heterocycles. The summed E-state index contributed by atoms with van der Waals surface area (Å²) in [5.41, 5.74) is 5.60. The van der Waals surface area contributed by atoms with Gasteiger partial charge in [-0.25, -0.2) is 4.39 Å². The van der Waals surface area contributed by atoms with Crippen LogP contribution < -0.4 is 11.1 Å². The molecule has 0 bridgehead atoms. The van der Waals surface area contributed by atoms with E-state index in [1.54, 1.807) is 18.2 Å². The molecule has 1 aliphatic rings. The minimum absolute atomic E-state index is 0. The van der Waals surface area contributed by atoms with Crippen molar-refractivity contribution in [1.29, 1.82) is 0 Å². The summed E-state index contributed by atoms with van der Waals surface area (Å²) >= 11 is 0. The lowest BCUT2D eigenvalue weighted by Gasteiger charge is -2.21. The fraction of sp³-hybridized carbons (Fsp3) is 0.462. The molecule has 1 amide bonds. The number of ether oxygens (including phenoxy) is 1. The molecule has 1 unspecified atom stereocenters. The number of hydrogen-bond acceptors (Lipinski definition) is 3. The highest BCUT2D eigenvalue weighted by Gasteiger charge is 2.47. The van der Waals surface area contributed by atoms with Crippen LogP contribution in [0.4, 0.5) is 4.39 Å². The van der Waals surface area contributed by atoms with E-state index in [0.29, 0.717) is 5.56 Å². The van der Waals surface area contributed by atoms with Gasteiger partial charge in [0, 0.05) is 12.7 Å². The first kappa shape index (κ1) is 15.9. The second-order valence-corrected chi connectivity index (χ2v) is 4.61. The molecule has 19 heavy (non-hydrogen) atoms. The summed E-state index contributed by atoms with van der Waals surface area (Å²) < 4.78 is 18.5. The number of carbonyl (C=O) groups excluding carboxylic acids is 1. The highest BCUT2D eigenvalue weighted by atomic mass is 35.5. The van der Waals surface area contributed by atoms with Gasteiger partial charge >= 0.3 is 0 Å². The Bertz CT molecular complexity index is 452. The van der Waals surface area contributed by atoms with Crippen molar-refractivity contribution >= 4 is 18.3 Å². The van der Waals surface area contributed by atoms with E-state index in [-0.39, 0.29) is 30.7 Å². The van der Waals surface area contributed by atoms with E-state index in [1.807, 2.05) is 0 Å². The lowest BCUT2D eigenvalue weighted by molar-refractivity contribution is -0.124. The molecule has 2 rings (SSSR count). The van der Waals surface area contributed by atoms with Crippen LogP contribution in [0.15, 0.2) is 24.3 Å². The highest BCUT2D eigenvalue weighted by molar-refractivity contribution is 5.85. The maximum atomic E-state index is 13.7. The van der Waals surface area contributed by atoms with Crippen LogP contribution in [0.5, 0.6) is 0 Å². The zero-order valence-corrected chi connectivity index (χ0v) is 11.5. The molecule has 0 spiro atoms. The number of nitrogens with one attached hydrogen (secondary N) is 1. The Kier molecular flexibility index (Phi) is 5.29. The number of nitrogens with two attached hydrogens (primary N) is 1. The highest BCUT2D eigenvalue weighted by Crippen LogP contribution is 2.46. The van der Waals surface area contributed by atoms with Crippen LogP contribution in [-0.4, -0.2) is 25.7 Å². The number of carbonyl (C=O) groups is 1. The van der Waals surface area contributed by atoms with E-state index in [9.17, 15) is 9.18 Å². The molecule has 1 saturated carbocycles. The zero-order chi connectivity index (χ0) is 13.2. The van der Waals surface area contributed by atoms with Crippen molar-refractivity contribution in [3.8, 4) is 0 Å². The topological polar surface area (TPSA) is 64.3 Å². The van der Waals surface area contributed by atoms with Crippen LogP contribution in [-0.2, 0) is 15.1 Å². The Morgan fingerprint density at radius 3 is 2.68 bits per heavy atom. The molecule has 3 N–H and O–H groups in total. The molecule has 0 aromatic heterocycles. The molecule has 106 valence electrons. The summed E-state index contributed by atoms with van der Waals surface area (Å²) in [5.74, 6) is -0.604. The third-order valence-electron chi connectivity index (χ3n) is 3.18. The Morgan fingerprint density at radius 2 is 2.16 bits per heavy atom. The molecule has 1 aromatic carbocycles. The number of hydrogen-bond donors (Lipinski definition) is 2. The summed E-state index contributed by atoms with van der Waals surface area (Å²) in [6.07, 6.45) is 1.47. The number of benzene rings is 1. The number of halogens is 2. The molecular formula is C13H18ClFN2O2. The molecule has 0 saturated heterocycles. The van der Waals surface area contributed by atoms with E-state index in [2.05, 4.69) is 5.32 Å². The van der Waals surface area contributed by atoms with Gasteiger partial charge in [-0.3, -0.25) is 4.79 Å². The largest absolute Gasteiger partial charge is 0.383 e. The average molecular weight is 289 g/mol. The van der Waals surface area contributed by atoms with Gasteiger partial charge in [0.25, 0.3) is 0 Å². The minimum Gasteiger partial charge on any atom is -0.383 e. The predicted molar refractivity (Wildman–Crippen MR) is 72.6 cm³/mol. The van der Waals surface area contributed by atoms with E-state index in [1.165, 1.54) is 13.2 Å². The lowest BCUT2D eigenvalue weighted by Crippen LogP contribution is -2.47. The summed E-state index contributed by atoms with van der Waals surface area (Å²) in [6.45, 7) is 0.152. The second kappa shape index (κ2) is 6.32. The van der Waals surface area contributed by atoms with Crippen LogP contribution in [0, 0.1) is 5.82 Å². The summed E-state index contributed by atoms with van der Waals surface area (Å²) in [6, 6.07) is 5.77. The van der Waals surface area contributed by atoms with Crippen molar-refractivity contribution in [1.82, 2.24) is 5.32 Å². The third kappa shape index (κ3) is 3.43. The van der Waals surface area contributed by atoms with Gasteiger partial charge in [-0.05, 0) is 18.9 Å². The van der Waals surface area contributed by atoms with Crippen molar-refractivity contribution in [3.05, 3.63) is 35.6 Å². The van der Waals surface area contributed by atoms with Crippen LogP contribution in [0.25, 0.3) is 0 Å². The number of amides is 1. The minimum atomic E-state index is -0.723. The predicted octanol–water partition coefficient (Wildman–Crippen LogP) is 1.33. The van der Waals surface area contributed by atoms with Gasteiger partial charge in [-0.1, -0.05) is 18.2 Å². The quantitative estimate of drug-likeness (QED) is 0.859. The molecule has 1 aromatic rings. The normalized spacial score (nSPS) is 17.2. The van der Waals surface area contributed by atoms with E-state index >= 15 is 0 Å². The first-order valence-electron chi connectivity index (χ1n) is 5.90. The van der Waals surface area contributed by atoms with Crippen molar-refractivity contribution < 1.29 is 13.9 Å². The first-order valence-corrected chi connectivity index (χ1v) is 5.90. The van der Waals surface area contributed by atoms with Crippen molar-refractivity contribution in [2.24, 2.45) is 5.73 Å². The standard InChI is InChI=1S/C13H17FN2O2.ClH/c1-18-8-11(15)12(17)16-13(6-7-13)9-4-2-3-5-10(9)14;/h2-5,11H,6-8,15H2,1H3,(H,16,17);1H. The smallest absolute Gasteiger partial charge is 0.240 e. The van der Waals surface area contributed by atoms with Crippen LogP contribution in [0.3, 0.4) is 0 Å². The lowest BCUT2D eigenvalue weighted by atomic mass is 10.0. The van der Waals surface area contributed by atoms with Gasteiger partial charge in [0.2, 0.25) is 5.91 Å². The molecule has 1 aliphatic carbocycles. The molecule has 6 heteroatoms. The third-order valence-corrected chi connectivity index (χ3v) is 3.18.